The number of nitrogens with one attached hydrogen (secondary N) is 1. The number of ether oxygens (including phenoxy) is 1. The molecular weight excluding hydrogens is 288 g/mol. The van der Waals surface area contributed by atoms with Crippen molar-refractivity contribution in [2.75, 3.05) is 13.2 Å². The number of hydrogen-bond acceptors (Lipinski definition) is 4. The molecule has 1 atom stereocenters. The molecule has 118 valence electrons. The monoisotopic (exact) mass is 308 g/mol. The molecule has 2 aromatic carbocycles. The predicted molar refractivity (Wildman–Crippen MR) is 89.1 cm³/mol. The van der Waals surface area contributed by atoms with Gasteiger partial charge in [-0.1, -0.05) is 41.6 Å². The first-order valence-corrected chi connectivity index (χ1v) is 8.05. The van der Waals surface area contributed by atoms with Gasteiger partial charge in [0.05, 0.1) is 25.0 Å². The van der Waals surface area contributed by atoms with Gasteiger partial charge in [-0.3, -0.25) is 0 Å². The summed E-state index contributed by atoms with van der Waals surface area (Å²) in [6.07, 6.45) is 3.09. The molecule has 5 nitrogen and oxygen atoms in total. The van der Waals surface area contributed by atoms with Gasteiger partial charge in [0.1, 0.15) is 0 Å². The van der Waals surface area contributed by atoms with Crippen molar-refractivity contribution in [1.29, 1.82) is 0 Å². The number of hydrogen-bond donors (Lipinski definition) is 1. The summed E-state index contributed by atoms with van der Waals surface area (Å²) in [5.41, 5.74) is 2.20. The fraction of sp³-hybridized carbons (Fsp3) is 0.333. The van der Waals surface area contributed by atoms with E-state index in [0.717, 1.165) is 38.4 Å². The van der Waals surface area contributed by atoms with Gasteiger partial charge in [0.2, 0.25) is 0 Å². The Morgan fingerprint density at radius 1 is 1.17 bits per heavy atom. The zero-order chi connectivity index (χ0) is 15.5. The highest BCUT2D eigenvalue weighted by atomic mass is 16.5. The molecule has 0 aliphatic carbocycles. The van der Waals surface area contributed by atoms with Crippen molar-refractivity contribution >= 4 is 10.8 Å². The third-order valence-electron chi connectivity index (χ3n) is 4.25. The van der Waals surface area contributed by atoms with Crippen LogP contribution in [0.4, 0.5) is 0 Å². The second kappa shape index (κ2) is 6.48. The number of nitrogens with zero attached hydrogens (tertiary/aromatic N) is 3. The minimum absolute atomic E-state index is 0.445. The average Bonchev–Trinajstić information content (AvgIpc) is 3.24. The number of fused-ring (bicyclic) bond motifs is 1. The summed E-state index contributed by atoms with van der Waals surface area (Å²) >= 11 is 0. The van der Waals surface area contributed by atoms with E-state index in [1.54, 1.807) is 0 Å². The molecule has 0 saturated carbocycles. The molecular formula is C18H20N4O. The van der Waals surface area contributed by atoms with Crippen molar-refractivity contribution in [3.8, 4) is 0 Å². The smallest absolute Gasteiger partial charge is 0.0965 e. The Hall–Kier alpha value is -2.24. The SMILES string of the molecule is c1ccc2cc(Cn3cc(CNC4CCOC4)nn3)ccc2c1. The summed E-state index contributed by atoms with van der Waals surface area (Å²) in [6.45, 7) is 3.13. The van der Waals surface area contributed by atoms with Crippen molar-refractivity contribution in [2.24, 2.45) is 0 Å². The lowest BCUT2D eigenvalue weighted by atomic mass is 10.1. The third-order valence-corrected chi connectivity index (χ3v) is 4.25. The van der Waals surface area contributed by atoms with Crippen LogP contribution < -0.4 is 5.32 Å². The minimum Gasteiger partial charge on any atom is -0.380 e. The maximum Gasteiger partial charge on any atom is 0.0965 e. The van der Waals surface area contributed by atoms with Gasteiger partial charge in [0.15, 0.2) is 0 Å². The highest BCUT2D eigenvalue weighted by Gasteiger charge is 2.15. The Labute approximate surface area is 135 Å². The van der Waals surface area contributed by atoms with Gasteiger partial charge in [-0.15, -0.1) is 5.10 Å². The second-order valence-corrected chi connectivity index (χ2v) is 6.03. The molecule has 1 saturated heterocycles. The van der Waals surface area contributed by atoms with Gasteiger partial charge in [0, 0.05) is 19.2 Å². The van der Waals surface area contributed by atoms with E-state index >= 15 is 0 Å². The van der Waals surface area contributed by atoms with E-state index in [-0.39, 0.29) is 0 Å². The quantitative estimate of drug-likeness (QED) is 0.786. The van der Waals surface area contributed by atoms with Crippen LogP contribution in [0, 0.1) is 0 Å². The molecule has 0 radical (unpaired) electrons. The fourth-order valence-corrected chi connectivity index (χ4v) is 2.97. The normalized spacial score (nSPS) is 17.8. The second-order valence-electron chi connectivity index (χ2n) is 6.03. The van der Waals surface area contributed by atoms with Crippen molar-refractivity contribution in [3.05, 3.63) is 59.9 Å². The van der Waals surface area contributed by atoms with Crippen LogP contribution in [-0.2, 0) is 17.8 Å². The largest absolute Gasteiger partial charge is 0.380 e. The highest BCUT2D eigenvalue weighted by molar-refractivity contribution is 5.82. The third kappa shape index (κ3) is 3.41. The summed E-state index contributed by atoms with van der Waals surface area (Å²) in [4.78, 5) is 0. The summed E-state index contributed by atoms with van der Waals surface area (Å²) in [5.74, 6) is 0. The van der Waals surface area contributed by atoms with Gasteiger partial charge in [-0.2, -0.15) is 0 Å². The Morgan fingerprint density at radius 3 is 2.96 bits per heavy atom. The van der Waals surface area contributed by atoms with Crippen molar-refractivity contribution in [3.63, 3.8) is 0 Å². The zero-order valence-corrected chi connectivity index (χ0v) is 13.0. The molecule has 5 heteroatoms. The van der Waals surface area contributed by atoms with Crippen LogP contribution in [0.1, 0.15) is 17.7 Å². The molecule has 23 heavy (non-hydrogen) atoms. The topological polar surface area (TPSA) is 52.0 Å². The predicted octanol–water partition coefficient (Wildman–Crippen LogP) is 2.36. The number of rotatable bonds is 5. The molecule has 0 bridgehead atoms. The summed E-state index contributed by atoms with van der Waals surface area (Å²) < 4.78 is 7.26. The molecule has 1 N–H and O–H groups in total. The van der Waals surface area contributed by atoms with Crippen LogP contribution >= 0.6 is 0 Å². The molecule has 2 heterocycles. The molecule has 1 aromatic heterocycles. The van der Waals surface area contributed by atoms with E-state index in [1.807, 2.05) is 10.9 Å². The first-order valence-electron chi connectivity index (χ1n) is 8.05. The summed E-state index contributed by atoms with van der Waals surface area (Å²) in [7, 11) is 0. The molecule has 3 aromatic rings. The summed E-state index contributed by atoms with van der Waals surface area (Å²) in [6, 6.07) is 15.4. The van der Waals surface area contributed by atoms with E-state index in [9.17, 15) is 0 Å². The minimum atomic E-state index is 0.445. The van der Waals surface area contributed by atoms with Crippen LogP contribution in [-0.4, -0.2) is 34.2 Å². The standard InChI is InChI=1S/C18H20N4O/c1-2-4-16-9-14(5-6-15(16)3-1)11-22-12-18(20-21-22)10-19-17-7-8-23-13-17/h1-6,9,12,17,19H,7-8,10-11,13H2. The molecule has 4 rings (SSSR count). The van der Waals surface area contributed by atoms with E-state index in [0.29, 0.717) is 6.04 Å². The lowest BCUT2D eigenvalue weighted by molar-refractivity contribution is 0.189. The maximum atomic E-state index is 5.36. The van der Waals surface area contributed by atoms with Crippen molar-refractivity contribution < 1.29 is 4.74 Å². The molecule has 1 fully saturated rings. The Bertz CT molecular complexity index is 792. The summed E-state index contributed by atoms with van der Waals surface area (Å²) in [5, 5.41) is 14.5. The van der Waals surface area contributed by atoms with Crippen LogP contribution in [0.25, 0.3) is 10.8 Å². The van der Waals surface area contributed by atoms with Crippen LogP contribution in [0.3, 0.4) is 0 Å². The lowest BCUT2D eigenvalue weighted by Crippen LogP contribution is -2.28. The Balaban J connectivity index is 1.41. The maximum absolute atomic E-state index is 5.36. The number of aromatic nitrogens is 3. The van der Waals surface area contributed by atoms with E-state index < -0.39 is 0 Å². The zero-order valence-electron chi connectivity index (χ0n) is 13.0. The Morgan fingerprint density at radius 2 is 2.09 bits per heavy atom. The van der Waals surface area contributed by atoms with Gasteiger partial charge in [0.25, 0.3) is 0 Å². The van der Waals surface area contributed by atoms with E-state index in [2.05, 4.69) is 58.1 Å². The molecule has 1 unspecified atom stereocenters. The first kappa shape index (κ1) is 14.4. The van der Waals surface area contributed by atoms with Crippen LogP contribution in [0.15, 0.2) is 48.7 Å². The van der Waals surface area contributed by atoms with E-state index in [1.165, 1.54) is 16.3 Å². The first-order chi connectivity index (χ1) is 11.4. The molecule has 0 amide bonds. The Kier molecular flexibility index (Phi) is 4.05. The molecule has 1 aliphatic rings. The molecule has 1 aliphatic heterocycles. The van der Waals surface area contributed by atoms with Gasteiger partial charge < -0.3 is 10.1 Å². The van der Waals surface area contributed by atoms with E-state index in [4.69, 9.17) is 4.74 Å². The fourth-order valence-electron chi connectivity index (χ4n) is 2.97. The number of benzene rings is 2. The van der Waals surface area contributed by atoms with Gasteiger partial charge >= 0.3 is 0 Å². The van der Waals surface area contributed by atoms with Crippen molar-refractivity contribution in [1.82, 2.24) is 20.3 Å². The van der Waals surface area contributed by atoms with Gasteiger partial charge in [-0.05, 0) is 28.8 Å². The van der Waals surface area contributed by atoms with Gasteiger partial charge in [-0.25, -0.2) is 4.68 Å². The lowest BCUT2D eigenvalue weighted by Gasteiger charge is -2.07. The highest BCUT2D eigenvalue weighted by Crippen LogP contribution is 2.16. The van der Waals surface area contributed by atoms with Crippen LogP contribution in [0.2, 0.25) is 0 Å². The van der Waals surface area contributed by atoms with Crippen LogP contribution in [0.5, 0.6) is 0 Å². The average molecular weight is 308 g/mol. The van der Waals surface area contributed by atoms with Crippen molar-refractivity contribution in [2.45, 2.75) is 25.6 Å². The molecule has 0 spiro atoms.